The Kier molecular flexibility index (Phi) is 0.204. The highest BCUT2D eigenvalue weighted by atomic mass is 13.3. The highest BCUT2D eigenvalue weighted by molar-refractivity contribution is 4.89. The van der Waals surface area contributed by atoms with Gasteiger partial charge in [-0.3, -0.25) is 0 Å². The van der Waals surface area contributed by atoms with Gasteiger partial charge in [0.2, 0.25) is 0 Å². The summed E-state index contributed by atoms with van der Waals surface area (Å²) < 4.78 is 39.1. The van der Waals surface area contributed by atoms with E-state index >= 15 is 0 Å². The van der Waals surface area contributed by atoms with Crippen molar-refractivity contribution in [1.29, 1.82) is 0 Å². The molecule has 0 aromatic rings. The summed E-state index contributed by atoms with van der Waals surface area (Å²) in [6, 6.07) is 0. The van der Waals surface area contributed by atoms with E-state index in [1.165, 1.54) is 0 Å². The molecular formula is C4H6. The molecule has 22 valence electrons. The second-order valence-corrected chi connectivity index (χ2v) is 0.250. The van der Waals surface area contributed by atoms with Crippen molar-refractivity contribution in [2.24, 2.45) is 0 Å². The van der Waals surface area contributed by atoms with Gasteiger partial charge in [-0.1, -0.05) is 0 Å². The molecule has 0 spiro atoms. The lowest BCUT2D eigenvalue weighted by atomic mass is 10.7. The third-order valence-corrected chi connectivity index (χ3v) is 0.0625. The quantitative estimate of drug-likeness (QED) is 0.366. The Bertz CT molecular complexity index is 143. The van der Waals surface area contributed by atoms with E-state index < -0.39 is 13.7 Å². The van der Waals surface area contributed by atoms with Gasteiger partial charge in [0.1, 0.15) is 0 Å². The van der Waals surface area contributed by atoms with Gasteiger partial charge in [-0.2, -0.15) is 0 Å². The molecule has 0 N–H and O–H groups in total. The molecular weight excluding hydrogens is 48.0 g/mol. The summed E-state index contributed by atoms with van der Waals surface area (Å²) in [5.41, 5.74) is 0. The lowest BCUT2D eigenvalue weighted by molar-refractivity contribution is 1.83. The molecule has 0 heterocycles. The van der Waals surface area contributed by atoms with E-state index in [9.17, 15) is 0 Å². The Morgan fingerprint density at radius 2 is 2.00 bits per heavy atom. The maximum absolute atomic E-state index is 6.52. The fourth-order valence-electron chi connectivity index (χ4n) is 0. The fourth-order valence-corrected chi connectivity index (χ4v) is 0. The van der Waals surface area contributed by atoms with Gasteiger partial charge in [0.25, 0.3) is 0 Å². The number of hydrogen-bond donors (Lipinski definition) is 0. The zero-order valence-electron chi connectivity index (χ0n) is 8.00. The average molecular weight is 60.1 g/mol. The molecule has 0 aliphatic heterocycles. The van der Waals surface area contributed by atoms with Crippen molar-refractivity contribution >= 4 is 0 Å². The first-order valence-corrected chi connectivity index (χ1v) is 0.750. The predicted molar refractivity (Wildman–Crippen MR) is 19.1 cm³/mol. The van der Waals surface area contributed by atoms with Crippen LogP contribution in [0.25, 0.3) is 0 Å². The van der Waals surface area contributed by atoms with Crippen LogP contribution < -0.4 is 0 Å². The van der Waals surface area contributed by atoms with Gasteiger partial charge in [0.05, 0.1) is 0 Å². The molecule has 0 saturated heterocycles. The van der Waals surface area contributed by atoms with E-state index in [0.717, 1.165) is 0 Å². The largest absolute Gasteiger partial charge is 0.107 e. The zero-order valence-corrected chi connectivity index (χ0v) is 2.00. The SMILES string of the molecule is [2H]C([2H])([2H])C#CC([2H])([2H])[2H]. The molecule has 0 bridgehead atoms. The maximum Gasteiger partial charge on any atom is 0.0366 e. The Hall–Kier alpha value is -0.440. The summed E-state index contributed by atoms with van der Waals surface area (Å²) >= 11 is 0. The molecule has 0 atom stereocenters. The third-order valence-electron chi connectivity index (χ3n) is 0.0625. The van der Waals surface area contributed by atoms with Crippen LogP contribution in [0.1, 0.15) is 21.9 Å². The molecule has 0 rings (SSSR count). The van der Waals surface area contributed by atoms with E-state index in [4.69, 9.17) is 8.22 Å². The van der Waals surface area contributed by atoms with Crippen LogP contribution in [0.4, 0.5) is 0 Å². The second-order valence-electron chi connectivity index (χ2n) is 0.250. The molecule has 0 aromatic heterocycles. The number of hydrogen-bond acceptors (Lipinski definition) is 0. The molecule has 0 heteroatoms. The standard InChI is InChI=1S/C4H6/c1-3-4-2/h1-2H3/i1D3,2D3. The van der Waals surface area contributed by atoms with Crippen molar-refractivity contribution in [2.75, 3.05) is 0 Å². The first-order chi connectivity index (χ1) is 4.21. The summed E-state index contributed by atoms with van der Waals surface area (Å²) in [4.78, 5) is 0. The molecule has 0 radical (unpaired) electrons. The average Bonchev–Trinajstić information content (AvgIpc) is 1.57. The van der Waals surface area contributed by atoms with E-state index in [0.29, 0.717) is 0 Å². The van der Waals surface area contributed by atoms with Crippen molar-refractivity contribution in [1.82, 2.24) is 0 Å². The smallest absolute Gasteiger partial charge is 0.0366 e. The van der Waals surface area contributed by atoms with Crippen LogP contribution in [0, 0.1) is 11.8 Å². The lowest BCUT2D eigenvalue weighted by Gasteiger charge is -1.40. The summed E-state index contributed by atoms with van der Waals surface area (Å²) in [7, 11) is 0. The molecule has 0 nitrogen and oxygen atoms in total. The van der Waals surface area contributed by atoms with Gasteiger partial charge in [-0.05, 0) is 13.7 Å². The Balaban J connectivity index is 4.19. The zero-order chi connectivity index (χ0) is 8.41. The topological polar surface area (TPSA) is 0 Å². The Morgan fingerprint density at radius 1 is 1.50 bits per heavy atom. The predicted octanol–water partition coefficient (Wildman–Crippen LogP) is 1.03. The molecule has 0 aliphatic rings. The monoisotopic (exact) mass is 60.1 g/mol. The minimum Gasteiger partial charge on any atom is -0.107 e. The van der Waals surface area contributed by atoms with E-state index in [2.05, 4.69) is 0 Å². The van der Waals surface area contributed by atoms with Crippen LogP contribution in [0.3, 0.4) is 0 Å². The van der Waals surface area contributed by atoms with Gasteiger partial charge in [-0.25, -0.2) is 0 Å². The van der Waals surface area contributed by atoms with Crippen molar-refractivity contribution in [2.45, 2.75) is 13.7 Å². The van der Waals surface area contributed by atoms with Crippen LogP contribution in [-0.4, -0.2) is 0 Å². The van der Waals surface area contributed by atoms with Crippen molar-refractivity contribution in [3.05, 3.63) is 0 Å². The van der Waals surface area contributed by atoms with Crippen molar-refractivity contribution in [3.8, 4) is 11.8 Å². The maximum atomic E-state index is 6.52. The van der Waals surface area contributed by atoms with Gasteiger partial charge < -0.3 is 0 Å². The van der Waals surface area contributed by atoms with Gasteiger partial charge in [0, 0.05) is 8.22 Å². The Morgan fingerprint density at radius 3 is 2.25 bits per heavy atom. The van der Waals surface area contributed by atoms with E-state index in [1.54, 1.807) is 11.8 Å². The van der Waals surface area contributed by atoms with E-state index in [1.807, 2.05) is 0 Å². The molecule has 0 saturated carbocycles. The fraction of sp³-hybridized carbons (Fsp3) is 0.500. The summed E-state index contributed by atoms with van der Waals surface area (Å²) in [6.07, 6.45) is 0. The molecule has 0 amide bonds. The summed E-state index contributed by atoms with van der Waals surface area (Å²) in [6.45, 7) is -4.93. The van der Waals surface area contributed by atoms with E-state index in [-0.39, 0.29) is 0 Å². The molecule has 0 aromatic carbocycles. The molecule has 0 aliphatic carbocycles. The first-order valence-electron chi connectivity index (χ1n) is 3.75. The molecule has 0 fully saturated rings. The van der Waals surface area contributed by atoms with Crippen LogP contribution >= 0.6 is 0 Å². The lowest BCUT2D eigenvalue weighted by Crippen LogP contribution is -1.28. The van der Waals surface area contributed by atoms with Gasteiger partial charge in [-0.15, -0.1) is 11.8 Å². The third kappa shape index (κ3) is 1.56. The second kappa shape index (κ2) is 2.56. The normalized spacial score (nSPS) is 32.0. The Labute approximate surface area is 35.3 Å². The van der Waals surface area contributed by atoms with Crippen LogP contribution in [0.15, 0.2) is 0 Å². The van der Waals surface area contributed by atoms with Crippen LogP contribution in [0.2, 0.25) is 0 Å². The highest BCUT2D eigenvalue weighted by Gasteiger charge is 1.26. The summed E-state index contributed by atoms with van der Waals surface area (Å²) in [5, 5.41) is 0. The van der Waals surface area contributed by atoms with Crippen LogP contribution in [0.5, 0.6) is 0 Å². The van der Waals surface area contributed by atoms with Gasteiger partial charge >= 0.3 is 0 Å². The number of rotatable bonds is 0. The summed E-state index contributed by atoms with van der Waals surface area (Å²) in [5.74, 6) is 3.30. The minimum atomic E-state index is -2.46. The minimum absolute atomic E-state index is 1.65. The van der Waals surface area contributed by atoms with Crippen molar-refractivity contribution < 1.29 is 8.22 Å². The van der Waals surface area contributed by atoms with Gasteiger partial charge in [0.15, 0.2) is 0 Å². The molecule has 0 unspecified atom stereocenters. The molecule has 4 heavy (non-hydrogen) atoms. The highest BCUT2D eigenvalue weighted by Crippen LogP contribution is 1.39. The first kappa shape index (κ1) is 0.318. The van der Waals surface area contributed by atoms with Crippen LogP contribution in [-0.2, 0) is 0 Å². The van der Waals surface area contributed by atoms with Crippen molar-refractivity contribution in [3.63, 3.8) is 0 Å².